The van der Waals surface area contributed by atoms with Crippen LogP contribution >= 0.6 is 11.6 Å². The number of ether oxygens (including phenoxy) is 1. The zero-order chi connectivity index (χ0) is 19.3. The summed E-state index contributed by atoms with van der Waals surface area (Å²) >= 11 is 5.94. The maximum atomic E-state index is 11.3. The molecule has 3 rings (SSSR count). The minimum Gasteiger partial charge on any atom is -0.493 e. The van der Waals surface area contributed by atoms with Crippen LogP contribution in [0.2, 0.25) is 5.02 Å². The van der Waals surface area contributed by atoms with E-state index in [0.29, 0.717) is 17.5 Å². The molecule has 0 amide bonds. The topological polar surface area (TPSA) is 47.3 Å². The van der Waals surface area contributed by atoms with E-state index in [0.717, 1.165) is 12.2 Å². The minimum absolute atomic E-state index is 0.0133. The molecule has 1 N–H and O–H groups in total. The highest BCUT2D eigenvalue weighted by Crippen LogP contribution is 2.37. The molecule has 4 nitrogen and oxygen atoms in total. The first-order chi connectivity index (χ1) is 13.0. The smallest absolute Gasteiger partial charge is 0.119 e. The van der Waals surface area contributed by atoms with Crippen LogP contribution in [0.3, 0.4) is 0 Å². The van der Waals surface area contributed by atoms with E-state index >= 15 is 0 Å². The molecule has 1 aliphatic carbocycles. The monoisotopic (exact) mass is 390 g/mol. The summed E-state index contributed by atoms with van der Waals surface area (Å²) in [5.74, 6) is 1.44. The fourth-order valence-electron chi connectivity index (χ4n) is 4.05. The predicted molar refractivity (Wildman–Crippen MR) is 109 cm³/mol. The lowest BCUT2D eigenvalue weighted by Crippen LogP contribution is -2.42. The normalized spacial score (nSPS) is 18.2. The Bertz CT molecular complexity index is 679. The highest BCUT2D eigenvalue weighted by Gasteiger charge is 2.37. The first kappa shape index (κ1) is 20.2. The Morgan fingerprint density at radius 2 is 1.93 bits per heavy atom. The number of aliphatic hydroxyl groups is 1. The van der Waals surface area contributed by atoms with Crippen molar-refractivity contribution in [3.8, 4) is 5.75 Å². The summed E-state index contributed by atoms with van der Waals surface area (Å²) in [5.41, 5.74) is -0.400. The number of benzene rings is 1. The van der Waals surface area contributed by atoms with Crippen LogP contribution in [-0.4, -0.2) is 27.4 Å². The van der Waals surface area contributed by atoms with Crippen molar-refractivity contribution in [3.63, 3.8) is 0 Å². The van der Waals surface area contributed by atoms with Gasteiger partial charge in [-0.05, 0) is 36.6 Å². The van der Waals surface area contributed by atoms with Crippen LogP contribution in [0, 0.1) is 11.3 Å². The molecule has 2 atom stereocenters. The van der Waals surface area contributed by atoms with Gasteiger partial charge < -0.3 is 14.4 Å². The van der Waals surface area contributed by atoms with Gasteiger partial charge in [0, 0.05) is 22.8 Å². The number of imidazole rings is 1. The molecule has 1 heterocycles. The Balaban J connectivity index is 1.68. The fraction of sp³-hybridized carbons (Fsp3) is 0.591. The Morgan fingerprint density at radius 1 is 1.22 bits per heavy atom. The van der Waals surface area contributed by atoms with Gasteiger partial charge in [-0.2, -0.15) is 0 Å². The molecule has 1 aromatic carbocycles. The summed E-state index contributed by atoms with van der Waals surface area (Å²) in [6.45, 7) is 4.57. The second kappa shape index (κ2) is 9.11. The number of nitrogens with zero attached hydrogens (tertiary/aromatic N) is 2. The number of halogens is 1. The van der Waals surface area contributed by atoms with E-state index in [1.54, 1.807) is 6.20 Å². The van der Waals surface area contributed by atoms with Gasteiger partial charge in [-0.3, -0.25) is 0 Å². The van der Waals surface area contributed by atoms with Gasteiger partial charge in [0.05, 0.1) is 25.1 Å². The van der Waals surface area contributed by atoms with Crippen molar-refractivity contribution in [1.82, 2.24) is 9.55 Å². The zero-order valence-electron chi connectivity index (χ0n) is 16.4. The van der Waals surface area contributed by atoms with E-state index in [1.165, 1.54) is 32.1 Å². The van der Waals surface area contributed by atoms with Gasteiger partial charge in [0.1, 0.15) is 5.75 Å². The molecule has 1 fully saturated rings. The van der Waals surface area contributed by atoms with E-state index in [2.05, 4.69) is 23.4 Å². The first-order valence-electron chi connectivity index (χ1n) is 9.99. The molecule has 1 aliphatic rings. The van der Waals surface area contributed by atoms with Gasteiger partial charge in [0.2, 0.25) is 0 Å². The van der Waals surface area contributed by atoms with Gasteiger partial charge in [-0.15, -0.1) is 0 Å². The summed E-state index contributed by atoms with van der Waals surface area (Å²) in [6.07, 6.45) is 12.5. The molecule has 0 saturated heterocycles. The van der Waals surface area contributed by atoms with Crippen molar-refractivity contribution in [2.45, 2.75) is 64.5 Å². The number of aliphatic hydroxyl groups excluding tert-OH is 1. The largest absolute Gasteiger partial charge is 0.493 e. The van der Waals surface area contributed by atoms with Crippen LogP contribution in [0.5, 0.6) is 5.75 Å². The number of hydrogen-bond acceptors (Lipinski definition) is 3. The minimum atomic E-state index is -0.527. The molecular weight excluding hydrogens is 360 g/mol. The molecule has 0 aliphatic heterocycles. The maximum absolute atomic E-state index is 11.3. The third-order valence-electron chi connectivity index (χ3n) is 5.80. The summed E-state index contributed by atoms with van der Waals surface area (Å²) in [7, 11) is 0. The van der Waals surface area contributed by atoms with Gasteiger partial charge in [-0.1, -0.05) is 57.6 Å². The van der Waals surface area contributed by atoms with Crippen LogP contribution in [-0.2, 0) is 0 Å². The predicted octanol–water partition coefficient (Wildman–Crippen LogP) is 5.51. The van der Waals surface area contributed by atoms with Crippen LogP contribution in [0.1, 0.15) is 58.4 Å². The number of hydrogen-bond donors (Lipinski definition) is 1. The summed E-state index contributed by atoms with van der Waals surface area (Å²) < 4.78 is 8.03. The Labute approximate surface area is 167 Å². The molecule has 2 unspecified atom stereocenters. The standard InChI is InChI=1S/C22H31ClN2O2/c1-22(2,15-27-19-10-8-18(23)9-11-19)21(26)20(25-13-12-24-16-25)14-17-6-4-3-5-7-17/h8-13,16-17,20-21,26H,3-7,14-15H2,1-2H3. The molecule has 2 aromatic rings. The lowest BCUT2D eigenvalue weighted by molar-refractivity contribution is -0.0271. The van der Waals surface area contributed by atoms with Crippen molar-refractivity contribution in [2.24, 2.45) is 11.3 Å². The van der Waals surface area contributed by atoms with Gasteiger partial charge in [0.15, 0.2) is 0 Å². The van der Waals surface area contributed by atoms with E-state index in [9.17, 15) is 5.11 Å². The molecule has 27 heavy (non-hydrogen) atoms. The second-order valence-corrected chi connectivity index (χ2v) is 8.93. The quantitative estimate of drug-likeness (QED) is 0.646. The zero-order valence-corrected chi connectivity index (χ0v) is 17.1. The average molecular weight is 391 g/mol. The number of aromatic nitrogens is 2. The Morgan fingerprint density at radius 3 is 2.56 bits per heavy atom. The number of rotatable bonds is 8. The van der Waals surface area contributed by atoms with Gasteiger partial charge in [0.25, 0.3) is 0 Å². The Kier molecular flexibility index (Phi) is 6.83. The molecule has 0 spiro atoms. The average Bonchev–Trinajstić information content (AvgIpc) is 3.20. The highest BCUT2D eigenvalue weighted by molar-refractivity contribution is 6.30. The highest BCUT2D eigenvalue weighted by atomic mass is 35.5. The van der Waals surface area contributed by atoms with Crippen LogP contribution in [0.15, 0.2) is 43.0 Å². The molecular formula is C22H31ClN2O2. The van der Waals surface area contributed by atoms with Gasteiger partial charge >= 0.3 is 0 Å². The van der Waals surface area contributed by atoms with E-state index in [1.807, 2.05) is 36.8 Å². The molecule has 1 aromatic heterocycles. The lowest BCUT2D eigenvalue weighted by atomic mass is 9.77. The van der Waals surface area contributed by atoms with Crippen molar-refractivity contribution in [2.75, 3.05) is 6.61 Å². The molecule has 0 bridgehead atoms. The molecule has 148 valence electrons. The molecule has 1 saturated carbocycles. The molecule has 5 heteroatoms. The lowest BCUT2D eigenvalue weighted by Gasteiger charge is -2.38. The van der Waals surface area contributed by atoms with E-state index < -0.39 is 11.5 Å². The summed E-state index contributed by atoms with van der Waals surface area (Å²) in [4.78, 5) is 4.21. The Hall–Kier alpha value is -1.52. The third kappa shape index (κ3) is 5.49. The fourth-order valence-corrected chi connectivity index (χ4v) is 4.18. The summed E-state index contributed by atoms with van der Waals surface area (Å²) in [5, 5.41) is 12.0. The van der Waals surface area contributed by atoms with Crippen LogP contribution < -0.4 is 4.74 Å². The van der Waals surface area contributed by atoms with Crippen LogP contribution in [0.4, 0.5) is 0 Å². The van der Waals surface area contributed by atoms with Crippen LogP contribution in [0.25, 0.3) is 0 Å². The van der Waals surface area contributed by atoms with E-state index in [-0.39, 0.29) is 6.04 Å². The second-order valence-electron chi connectivity index (χ2n) is 8.49. The third-order valence-corrected chi connectivity index (χ3v) is 6.05. The molecule has 0 radical (unpaired) electrons. The van der Waals surface area contributed by atoms with Crippen molar-refractivity contribution in [1.29, 1.82) is 0 Å². The van der Waals surface area contributed by atoms with Crippen molar-refractivity contribution in [3.05, 3.63) is 48.0 Å². The van der Waals surface area contributed by atoms with Crippen molar-refractivity contribution >= 4 is 11.6 Å². The van der Waals surface area contributed by atoms with Crippen molar-refractivity contribution < 1.29 is 9.84 Å². The summed E-state index contributed by atoms with van der Waals surface area (Å²) in [6, 6.07) is 7.37. The first-order valence-corrected chi connectivity index (χ1v) is 10.4. The van der Waals surface area contributed by atoms with Gasteiger partial charge in [-0.25, -0.2) is 4.98 Å². The van der Waals surface area contributed by atoms with E-state index in [4.69, 9.17) is 16.3 Å². The maximum Gasteiger partial charge on any atom is 0.119 e. The SMILES string of the molecule is CC(C)(COc1ccc(Cl)cc1)C(O)C(CC1CCCCC1)n1ccnc1.